The molecule has 0 bridgehead atoms. The van der Waals surface area contributed by atoms with Crippen molar-refractivity contribution in [1.29, 1.82) is 0 Å². The van der Waals surface area contributed by atoms with Crippen LogP contribution in [0, 0.1) is 5.92 Å². The summed E-state index contributed by atoms with van der Waals surface area (Å²) in [6.45, 7) is 3.10. The van der Waals surface area contributed by atoms with E-state index in [1.807, 2.05) is 16.9 Å². The maximum atomic E-state index is 13.6. The molecule has 0 radical (unpaired) electrons. The summed E-state index contributed by atoms with van der Waals surface area (Å²) in [5.41, 5.74) is 2.29. The van der Waals surface area contributed by atoms with Gasteiger partial charge in [-0.1, -0.05) is 6.07 Å². The van der Waals surface area contributed by atoms with Crippen LogP contribution in [-0.4, -0.2) is 39.8 Å². The number of alkyl halides is 2. The fraction of sp³-hybridized carbons (Fsp3) is 0.500. The minimum absolute atomic E-state index is 0.267. The number of halogens is 2. The van der Waals surface area contributed by atoms with Crippen molar-refractivity contribution in [3.05, 3.63) is 30.6 Å². The number of hydrogen-bond acceptors (Lipinski definition) is 4. The van der Waals surface area contributed by atoms with Crippen molar-refractivity contribution in [2.45, 2.75) is 63.6 Å². The molecule has 31 heavy (non-hydrogen) atoms. The number of carbonyl (C=O) groups excluding carboxylic acids is 2. The van der Waals surface area contributed by atoms with Gasteiger partial charge in [0.2, 0.25) is 11.8 Å². The molecule has 9 heteroatoms. The quantitative estimate of drug-likeness (QED) is 0.750. The highest BCUT2D eigenvalue weighted by Crippen LogP contribution is 2.51. The van der Waals surface area contributed by atoms with E-state index < -0.39 is 42.9 Å². The minimum Gasteiger partial charge on any atom is -0.530 e. The molecular formula is C22H23F2N4O3-. The Bertz CT molecular complexity index is 1060. The zero-order chi connectivity index (χ0) is 22.1. The zero-order valence-electron chi connectivity index (χ0n) is 17.3. The number of anilines is 2. The topological polar surface area (TPSA) is 81.5 Å². The van der Waals surface area contributed by atoms with Gasteiger partial charge in [-0.3, -0.25) is 9.48 Å². The van der Waals surface area contributed by atoms with Crippen molar-refractivity contribution in [2.24, 2.45) is 5.92 Å². The Balaban J connectivity index is 1.59. The Morgan fingerprint density at radius 3 is 2.42 bits per heavy atom. The summed E-state index contributed by atoms with van der Waals surface area (Å²) in [5, 5.41) is 16.6. The molecule has 2 amide bonds. The largest absolute Gasteiger partial charge is 0.530 e. The number of carbonyl (C=O) groups is 2. The van der Waals surface area contributed by atoms with E-state index in [4.69, 9.17) is 0 Å². The monoisotopic (exact) mass is 429 g/mol. The van der Waals surface area contributed by atoms with E-state index in [-0.39, 0.29) is 11.6 Å². The van der Waals surface area contributed by atoms with E-state index in [0.29, 0.717) is 11.7 Å². The molecule has 2 saturated carbocycles. The van der Waals surface area contributed by atoms with E-state index >= 15 is 0 Å². The van der Waals surface area contributed by atoms with Crippen molar-refractivity contribution < 1.29 is 23.5 Å². The average molecular weight is 429 g/mol. The van der Waals surface area contributed by atoms with Crippen molar-refractivity contribution in [3.63, 3.8) is 0 Å². The number of aromatic nitrogens is 2. The summed E-state index contributed by atoms with van der Waals surface area (Å²) < 4.78 is 29.2. The van der Waals surface area contributed by atoms with Crippen LogP contribution in [0.3, 0.4) is 0 Å². The SMILES string of the molecule is CC(=O)N1c2ccc(-c3cnn(C4CC4)c3)cc2N(C(=O)[O-])C(C2CC(F)(F)C2)[C@@H]1C. The fourth-order valence-corrected chi connectivity index (χ4v) is 5.10. The van der Waals surface area contributed by atoms with Gasteiger partial charge in [-0.25, -0.2) is 8.78 Å². The number of amides is 2. The molecule has 0 N–H and O–H groups in total. The molecule has 5 rings (SSSR count). The Morgan fingerprint density at radius 2 is 1.84 bits per heavy atom. The number of carboxylic acid groups (broad SMARTS) is 1. The first-order chi connectivity index (χ1) is 14.7. The number of hydrogen-bond donors (Lipinski definition) is 0. The third-order valence-electron chi connectivity index (χ3n) is 6.69. The third kappa shape index (κ3) is 3.26. The van der Waals surface area contributed by atoms with E-state index in [0.717, 1.165) is 28.9 Å². The molecule has 1 aliphatic heterocycles. The second-order valence-corrected chi connectivity index (χ2v) is 8.92. The van der Waals surface area contributed by atoms with Gasteiger partial charge in [-0.15, -0.1) is 0 Å². The standard InChI is InChI=1S/C22H24F2N4O3/c1-12-20(15-8-22(23,24)9-15)28(21(30)31)19-7-14(3-6-18(19)27(12)13(2)29)16-10-25-26(11-16)17-4-5-17/h3,6-7,10-12,15,17,20H,4-5,8-9H2,1-2H3,(H,30,31)/p-1/t12-,20?/m0/s1. The molecular weight excluding hydrogens is 406 g/mol. The molecule has 7 nitrogen and oxygen atoms in total. The summed E-state index contributed by atoms with van der Waals surface area (Å²) in [4.78, 5) is 27.3. The molecule has 2 atom stereocenters. The van der Waals surface area contributed by atoms with E-state index in [2.05, 4.69) is 5.10 Å². The van der Waals surface area contributed by atoms with Crippen LogP contribution in [0.4, 0.5) is 25.0 Å². The van der Waals surface area contributed by atoms with E-state index in [9.17, 15) is 23.5 Å². The Hall–Kier alpha value is -2.97. The molecule has 2 heterocycles. The van der Waals surface area contributed by atoms with Gasteiger partial charge in [0, 0.05) is 31.5 Å². The van der Waals surface area contributed by atoms with Crippen LogP contribution >= 0.6 is 0 Å². The highest BCUT2D eigenvalue weighted by Gasteiger charge is 2.54. The molecule has 0 spiro atoms. The van der Waals surface area contributed by atoms with Gasteiger partial charge < -0.3 is 19.7 Å². The van der Waals surface area contributed by atoms with Gasteiger partial charge in [0.25, 0.3) is 0 Å². The van der Waals surface area contributed by atoms with E-state index in [1.54, 1.807) is 25.3 Å². The maximum Gasteiger partial charge on any atom is 0.248 e. The van der Waals surface area contributed by atoms with Crippen LogP contribution in [0.25, 0.3) is 11.1 Å². The molecule has 0 saturated heterocycles. The third-order valence-corrected chi connectivity index (χ3v) is 6.69. The number of nitrogens with zero attached hydrogens (tertiary/aromatic N) is 4. The average Bonchev–Trinajstić information content (AvgIpc) is 3.41. The van der Waals surface area contributed by atoms with Crippen LogP contribution in [0.2, 0.25) is 0 Å². The Morgan fingerprint density at radius 1 is 1.13 bits per heavy atom. The van der Waals surface area contributed by atoms with Crippen LogP contribution in [0.5, 0.6) is 0 Å². The first-order valence-corrected chi connectivity index (χ1v) is 10.5. The molecule has 1 aromatic heterocycles. The Labute approximate surface area is 178 Å². The molecule has 1 unspecified atom stereocenters. The fourth-order valence-electron chi connectivity index (χ4n) is 5.10. The summed E-state index contributed by atoms with van der Waals surface area (Å²) in [6, 6.07) is 4.23. The van der Waals surface area contributed by atoms with Crippen LogP contribution in [-0.2, 0) is 4.79 Å². The smallest absolute Gasteiger partial charge is 0.248 e. The second kappa shape index (κ2) is 6.77. The van der Waals surface area contributed by atoms with Gasteiger partial charge in [0.1, 0.15) is 6.09 Å². The van der Waals surface area contributed by atoms with Gasteiger partial charge in [-0.2, -0.15) is 5.10 Å². The lowest BCUT2D eigenvalue weighted by atomic mass is 9.72. The summed E-state index contributed by atoms with van der Waals surface area (Å²) in [5.74, 6) is -3.63. The van der Waals surface area contributed by atoms with Crippen molar-refractivity contribution in [1.82, 2.24) is 9.78 Å². The predicted molar refractivity (Wildman–Crippen MR) is 108 cm³/mol. The molecule has 164 valence electrons. The van der Waals surface area contributed by atoms with Crippen LogP contribution < -0.4 is 14.9 Å². The lowest BCUT2D eigenvalue weighted by Crippen LogP contribution is -2.65. The summed E-state index contributed by atoms with van der Waals surface area (Å²) in [6.07, 6.45) is 3.55. The molecule has 2 fully saturated rings. The lowest BCUT2D eigenvalue weighted by Gasteiger charge is -2.54. The van der Waals surface area contributed by atoms with Crippen molar-refractivity contribution >= 4 is 23.4 Å². The molecule has 2 aliphatic carbocycles. The number of benzene rings is 1. The molecule has 1 aromatic carbocycles. The maximum absolute atomic E-state index is 13.6. The second-order valence-electron chi connectivity index (χ2n) is 8.92. The van der Waals surface area contributed by atoms with Gasteiger partial charge in [-0.05, 0) is 43.4 Å². The zero-order valence-corrected chi connectivity index (χ0v) is 17.3. The lowest BCUT2D eigenvalue weighted by molar-refractivity contribution is -0.248. The highest BCUT2D eigenvalue weighted by molar-refractivity contribution is 6.03. The normalized spacial score (nSPS) is 25.2. The van der Waals surface area contributed by atoms with E-state index in [1.165, 1.54) is 11.8 Å². The van der Waals surface area contributed by atoms with Gasteiger partial charge >= 0.3 is 0 Å². The first kappa shape index (κ1) is 20.0. The Kier molecular flexibility index (Phi) is 4.36. The van der Waals surface area contributed by atoms with Crippen molar-refractivity contribution in [2.75, 3.05) is 9.80 Å². The van der Waals surface area contributed by atoms with Crippen LogP contribution in [0.15, 0.2) is 30.6 Å². The minimum atomic E-state index is -2.80. The number of rotatable bonds is 3. The number of fused-ring (bicyclic) bond motifs is 1. The first-order valence-electron chi connectivity index (χ1n) is 10.5. The highest BCUT2D eigenvalue weighted by atomic mass is 19.3. The molecule has 2 aromatic rings. The van der Waals surface area contributed by atoms with Gasteiger partial charge in [0.05, 0.1) is 35.7 Å². The van der Waals surface area contributed by atoms with Crippen LogP contribution in [0.1, 0.15) is 45.6 Å². The van der Waals surface area contributed by atoms with Gasteiger partial charge in [0.15, 0.2) is 0 Å². The predicted octanol–water partition coefficient (Wildman–Crippen LogP) is 3.20. The summed E-state index contributed by atoms with van der Waals surface area (Å²) >= 11 is 0. The molecule has 3 aliphatic rings. The van der Waals surface area contributed by atoms with Crippen molar-refractivity contribution in [3.8, 4) is 11.1 Å². The summed E-state index contributed by atoms with van der Waals surface area (Å²) in [7, 11) is 0.